The standard InChI is InChI=1S/C13H20O2/c1-4-6-7-8-9-11-10-13(11,3)12(14)15-5-2/h6-9,11H,4-5,10H2,1-3H3. The molecule has 0 N–H and O–H groups in total. The van der Waals surface area contributed by atoms with Crippen LogP contribution in [0.25, 0.3) is 0 Å². The minimum atomic E-state index is -0.257. The van der Waals surface area contributed by atoms with Crippen LogP contribution in [0.5, 0.6) is 0 Å². The summed E-state index contributed by atoms with van der Waals surface area (Å²) in [4.78, 5) is 11.6. The summed E-state index contributed by atoms with van der Waals surface area (Å²) in [5, 5.41) is 0. The van der Waals surface area contributed by atoms with Crippen LogP contribution >= 0.6 is 0 Å². The molecule has 0 bridgehead atoms. The fraction of sp³-hybridized carbons (Fsp3) is 0.615. The summed E-state index contributed by atoms with van der Waals surface area (Å²) in [5.41, 5.74) is -0.257. The average Bonchev–Trinajstić information content (AvgIpc) is 2.87. The number of carbonyl (C=O) groups excluding carboxylic acids is 1. The molecule has 15 heavy (non-hydrogen) atoms. The smallest absolute Gasteiger partial charge is 0.312 e. The highest BCUT2D eigenvalue weighted by Gasteiger charge is 2.55. The fourth-order valence-corrected chi connectivity index (χ4v) is 1.62. The van der Waals surface area contributed by atoms with Crippen molar-refractivity contribution in [2.75, 3.05) is 6.61 Å². The van der Waals surface area contributed by atoms with Crippen LogP contribution in [0, 0.1) is 11.3 Å². The van der Waals surface area contributed by atoms with Gasteiger partial charge in [0.1, 0.15) is 0 Å². The Kier molecular flexibility index (Phi) is 4.13. The van der Waals surface area contributed by atoms with Crippen molar-refractivity contribution in [2.45, 2.75) is 33.6 Å². The molecule has 1 aliphatic rings. The normalized spacial score (nSPS) is 29.9. The third-order valence-corrected chi connectivity index (χ3v) is 2.87. The highest BCUT2D eigenvalue weighted by atomic mass is 16.5. The van der Waals surface area contributed by atoms with Gasteiger partial charge in [0.2, 0.25) is 0 Å². The Hall–Kier alpha value is -1.05. The Labute approximate surface area is 92.0 Å². The molecule has 0 aromatic carbocycles. The van der Waals surface area contributed by atoms with E-state index in [2.05, 4.69) is 19.1 Å². The van der Waals surface area contributed by atoms with Crippen molar-refractivity contribution in [3.63, 3.8) is 0 Å². The lowest BCUT2D eigenvalue weighted by atomic mass is 10.1. The van der Waals surface area contributed by atoms with Crippen molar-refractivity contribution in [1.29, 1.82) is 0 Å². The van der Waals surface area contributed by atoms with Gasteiger partial charge < -0.3 is 4.74 Å². The van der Waals surface area contributed by atoms with Crippen LogP contribution in [0.3, 0.4) is 0 Å². The van der Waals surface area contributed by atoms with Crippen LogP contribution < -0.4 is 0 Å². The SMILES string of the molecule is CCC=CC=CC1CC1(C)C(=O)OCC. The monoisotopic (exact) mass is 208 g/mol. The summed E-state index contributed by atoms with van der Waals surface area (Å²) in [6.45, 7) is 6.40. The molecule has 2 atom stereocenters. The zero-order chi connectivity index (χ0) is 11.3. The van der Waals surface area contributed by atoms with Crippen molar-refractivity contribution < 1.29 is 9.53 Å². The molecule has 2 unspecified atom stereocenters. The molecule has 0 aliphatic heterocycles. The van der Waals surface area contributed by atoms with Gasteiger partial charge in [-0.15, -0.1) is 0 Å². The van der Waals surface area contributed by atoms with Gasteiger partial charge in [-0.3, -0.25) is 4.79 Å². The number of esters is 1. The lowest BCUT2D eigenvalue weighted by Gasteiger charge is -2.07. The van der Waals surface area contributed by atoms with Crippen molar-refractivity contribution in [3.05, 3.63) is 24.3 Å². The Bertz CT molecular complexity index is 278. The first-order chi connectivity index (χ1) is 7.15. The van der Waals surface area contributed by atoms with Crippen molar-refractivity contribution in [3.8, 4) is 0 Å². The highest BCUT2D eigenvalue weighted by Crippen LogP contribution is 2.53. The van der Waals surface area contributed by atoms with Crippen LogP contribution in [0.1, 0.15) is 33.6 Å². The number of hydrogen-bond acceptors (Lipinski definition) is 2. The zero-order valence-electron chi connectivity index (χ0n) is 9.82. The van der Waals surface area contributed by atoms with E-state index < -0.39 is 0 Å². The molecule has 0 radical (unpaired) electrons. The molecule has 1 rings (SSSR count). The lowest BCUT2D eigenvalue weighted by Crippen LogP contribution is -2.17. The summed E-state index contributed by atoms with van der Waals surface area (Å²) >= 11 is 0. The van der Waals surface area contributed by atoms with E-state index in [-0.39, 0.29) is 11.4 Å². The minimum absolute atomic E-state index is 0.0564. The number of rotatable bonds is 5. The van der Waals surface area contributed by atoms with E-state index in [1.807, 2.05) is 26.0 Å². The van der Waals surface area contributed by atoms with Gasteiger partial charge in [0.05, 0.1) is 12.0 Å². The molecule has 0 saturated heterocycles. The van der Waals surface area contributed by atoms with Crippen LogP contribution in [0.4, 0.5) is 0 Å². The van der Waals surface area contributed by atoms with Crippen molar-refractivity contribution in [1.82, 2.24) is 0 Å². The van der Waals surface area contributed by atoms with Gasteiger partial charge in [-0.25, -0.2) is 0 Å². The van der Waals surface area contributed by atoms with E-state index in [9.17, 15) is 4.79 Å². The Morgan fingerprint density at radius 3 is 2.80 bits per heavy atom. The van der Waals surface area contributed by atoms with Crippen molar-refractivity contribution >= 4 is 5.97 Å². The van der Waals surface area contributed by atoms with E-state index in [1.54, 1.807) is 0 Å². The van der Waals surface area contributed by atoms with Gasteiger partial charge in [0.15, 0.2) is 0 Å². The molecule has 84 valence electrons. The summed E-state index contributed by atoms with van der Waals surface area (Å²) in [7, 11) is 0. The second-order valence-corrected chi connectivity index (χ2v) is 4.17. The molecule has 0 aromatic rings. The number of allylic oxidation sites excluding steroid dienone is 4. The lowest BCUT2D eigenvalue weighted by molar-refractivity contribution is -0.149. The number of carbonyl (C=O) groups is 1. The zero-order valence-corrected chi connectivity index (χ0v) is 9.82. The summed E-state index contributed by atoms with van der Waals surface area (Å²) in [6.07, 6.45) is 10.2. The molecule has 1 aliphatic carbocycles. The van der Waals surface area contributed by atoms with Gasteiger partial charge in [-0.05, 0) is 32.6 Å². The minimum Gasteiger partial charge on any atom is -0.466 e. The maximum atomic E-state index is 11.6. The van der Waals surface area contributed by atoms with E-state index in [1.165, 1.54) is 0 Å². The maximum Gasteiger partial charge on any atom is 0.312 e. The number of ether oxygens (including phenoxy) is 1. The van der Waals surface area contributed by atoms with E-state index in [0.717, 1.165) is 12.8 Å². The molecule has 2 nitrogen and oxygen atoms in total. The van der Waals surface area contributed by atoms with Gasteiger partial charge in [0.25, 0.3) is 0 Å². The predicted octanol–water partition coefficient (Wildman–Crippen LogP) is 3.10. The third kappa shape index (κ3) is 2.95. The van der Waals surface area contributed by atoms with Crippen LogP contribution in [-0.4, -0.2) is 12.6 Å². The van der Waals surface area contributed by atoms with Gasteiger partial charge >= 0.3 is 5.97 Å². The highest BCUT2D eigenvalue weighted by molar-refractivity contribution is 5.80. The van der Waals surface area contributed by atoms with Gasteiger partial charge in [-0.2, -0.15) is 0 Å². The molecular weight excluding hydrogens is 188 g/mol. The molecule has 0 spiro atoms. The average molecular weight is 208 g/mol. The van der Waals surface area contributed by atoms with E-state index in [0.29, 0.717) is 12.5 Å². The quantitative estimate of drug-likeness (QED) is 0.512. The van der Waals surface area contributed by atoms with Crippen molar-refractivity contribution in [2.24, 2.45) is 11.3 Å². The molecule has 1 fully saturated rings. The summed E-state index contributed by atoms with van der Waals surface area (Å²) in [6, 6.07) is 0. The van der Waals surface area contributed by atoms with E-state index >= 15 is 0 Å². The first-order valence-corrected chi connectivity index (χ1v) is 5.65. The molecule has 1 saturated carbocycles. The fourth-order valence-electron chi connectivity index (χ4n) is 1.62. The number of hydrogen-bond donors (Lipinski definition) is 0. The first kappa shape index (κ1) is 12.0. The second kappa shape index (κ2) is 5.15. The van der Waals surface area contributed by atoms with E-state index in [4.69, 9.17) is 4.74 Å². The van der Waals surface area contributed by atoms with Crippen LogP contribution in [-0.2, 0) is 9.53 Å². The molecule has 0 aromatic heterocycles. The topological polar surface area (TPSA) is 26.3 Å². The maximum absolute atomic E-state index is 11.6. The molecule has 0 heterocycles. The molecule has 0 amide bonds. The first-order valence-electron chi connectivity index (χ1n) is 5.65. The van der Waals surface area contributed by atoms with Gasteiger partial charge in [-0.1, -0.05) is 31.2 Å². The summed E-state index contributed by atoms with van der Waals surface area (Å²) in [5.74, 6) is 0.303. The van der Waals surface area contributed by atoms with Crippen LogP contribution in [0.15, 0.2) is 24.3 Å². The molecule has 2 heteroatoms. The van der Waals surface area contributed by atoms with Gasteiger partial charge in [0, 0.05) is 0 Å². The third-order valence-electron chi connectivity index (χ3n) is 2.87. The van der Waals surface area contributed by atoms with Crippen LogP contribution in [0.2, 0.25) is 0 Å². The summed E-state index contributed by atoms with van der Waals surface area (Å²) < 4.78 is 5.04. The second-order valence-electron chi connectivity index (χ2n) is 4.17. The Morgan fingerprint density at radius 2 is 2.20 bits per heavy atom. The Morgan fingerprint density at radius 1 is 1.47 bits per heavy atom. The largest absolute Gasteiger partial charge is 0.466 e. The predicted molar refractivity (Wildman–Crippen MR) is 61.4 cm³/mol. The molecular formula is C13H20O2. The Balaban J connectivity index is 2.41.